The Balaban J connectivity index is 0.0000000788. The minimum atomic E-state index is 0.808. The van der Waals surface area contributed by atoms with Crippen LogP contribution in [0.3, 0.4) is 0 Å². The van der Waals surface area contributed by atoms with Crippen LogP contribution in [0.25, 0.3) is 289 Å². The van der Waals surface area contributed by atoms with Crippen LogP contribution in [0.1, 0.15) is 0 Å². The van der Waals surface area contributed by atoms with Crippen molar-refractivity contribution in [3.63, 3.8) is 0 Å². The Kier molecular flexibility index (Phi) is 17.2. The summed E-state index contributed by atoms with van der Waals surface area (Å²) < 4.78 is 39.8. The number of benzene rings is 12. The first kappa shape index (κ1) is 81.3. The normalized spacial score (nSPS) is 12.4. The summed E-state index contributed by atoms with van der Waals surface area (Å²) in [5, 5.41) is 13.6. The average molecular weight is 1970 g/mol. The topological polar surface area (TPSA) is 211 Å². The molecule has 0 saturated carbocycles. The minimum absolute atomic E-state index is 0.808. The molecule has 0 radical (unpaired) electrons. The molecule has 0 fully saturated rings. The van der Waals surface area contributed by atoms with E-state index in [1.165, 1.54) is 161 Å². The lowest BCUT2D eigenvalue weighted by Crippen LogP contribution is -1.87. The number of aromatic nitrogens is 24. The van der Waals surface area contributed by atoms with Crippen molar-refractivity contribution < 1.29 is 0 Å². The first-order valence-corrected chi connectivity index (χ1v) is 52.0. The van der Waals surface area contributed by atoms with Gasteiger partial charge in [-0.3, -0.25) is 26.4 Å². The Morgan fingerprint density at radius 3 is 1.03 bits per heavy atom. The van der Waals surface area contributed by atoms with E-state index < -0.39 is 0 Å². The molecule has 0 atom stereocenters. The molecule has 0 N–H and O–H groups in total. The van der Waals surface area contributed by atoms with E-state index >= 15 is 0 Å². The number of para-hydroxylation sites is 12. The van der Waals surface area contributed by atoms with Crippen molar-refractivity contribution in [3.05, 3.63) is 328 Å². The molecule has 0 spiro atoms. The van der Waals surface area contributed by atoms with Crippen LogP contribution in [0.4, 0.5) is 0 Å². The molecular weight excluding hydrogens is 1900 g/mol. The molecule has 684 valence electrons. The predicted octanol–water partition coefficient (Wildman–Crippen LogP) is 28.5. The van der Waals surface area contributed by atoms with Crippen LogP contribution < -0.4 is 0 Å². The smallest absolute Gasteiger partial charge is 0.217 e. The van der Waals surface area contributed by atoms with Crippen LogP contribution in [0.15, 0.2) is 328 Å². The van der Waals surface area contributed by atoms with Crippen molar-refractivity contribution in [3.8, 4) is 0 Å². The number of nitrogens with zero attached hydrogens (tertiary/aromatic N) is 24. The first-order chi connectivity index (χ1) is 70.9. The maximum atomic E-state index is 4.97. The van der Waals surface area contributed by atoms with Crippen molar-refractivity contribution >= 4 is 357 Å². The van der Waals surface area contributed by atoms with Gasteiger partial charge < -0.3 is 27.4 Å². The molecule has 24 nitrogen and oxygen atoms in total. The van der Waals surface area contributed by atoms with Gasteiger partial charge in [0.25, 0.3) is 0 Å². The number of pyridine rings is 6. The van der Waals surface area contributed by atoms with Gasteiger partial charge in [-0.25, -0.2) is 39.9 Å². The van der Waals surface area contributed by atoms with E-state index in [0.29, 0.717) is 0 Å². The summed E-state index contributed by atoms with van der Waals surface area (Å²) in [6.07, 6.45) is 7.90. The van der Waals surface area contributed by atoms with Crippen molar-refractivity contribution in [2.45, 2.75) is 0 Å². The van der Waals surface area contributed by atoms with Gasteiger partial charge in [0.15, 0.2) is 33.9 Å². The van der Waals surface area contributed by atoms with Crippen LogP contribution >= 0.6 is 68.0 Å². The third-order valence-electron chi connectivity index (χ3n) is 28.6. The zero-order chi connectivity index (χ0) is 95.0. The second-order valence-electron chi connectivity index (χ2n) is 36.4. The summed E-state index contributed by atoms with van der Waals surface area (Å²) in [7, 11) is 12.4. The molecule has 30 heteroatoms. The molecule has 0 bridgehead atoms. The van der Waals surface area contributed by atoms with E-state index in [2.05, 4.69) is 409 Å². The molecule has 12 aromatic carbocycles. The van der Waals surface area contributed by atoms with Crippen molar-refractivity contribution in [2.24, 2.45) is 42.3 Å². The van der Waals surface area contributed by atoms with Gasteiger partial charge >= 0.3 is 0 Å². The number of aryl methyl sites for hydroxylation is 6. The molecule has 0 saturated heterocycles. The van der Waals surface area contributed by atoms with Gasteiger partial charge in [0, 0.05) is 155 Å². The SMILES string of the molecule is Cn1c2ccccc2n2c3c(ncc4c5ccccc5sc43)nc12.Cn1c2ccccc2n2c3c(ncc4sc5ccccc5c43)nc12.Cn1c2ccccc2n2c3cc4c(nc3nc12)sc1ccccc14.Cn1c2ccccc2n2c3cc4sc5ccccc5c4nc3nc12.Cn1c2ccccc2n2c3ncc4c5ccccc5sc4c3nc12.Cn1c2ccccc2n2c3ncc4sc5ccccc5c4c3nc12. The molecule has 24 aromatic heterocycles. The standard InChI is InChI=1S/6C19H12N4S/c1-22-13-7-3-4-8-14(13)23-15-10-12-11-6-2-5-9-16(11)24-18(12)20-17(15)21-19(22)23;1-22-13-7-3-4-8-14(13)23-16-17-12(10-20-18(16)21-19(22)23)11-6-2-5-9-15(11)24-17;1-22-13-7-3-4-8-14(13)23-18-16(21-19(22)23)17-12(10-20-18)11-6-2-5-9-15(11)24-17;1-22-12-7-3-4-8-13(12)23-14-10-16-17(20-18(14)21-19(22)23)11-6-2-5-9-15(11)24-16;1-22-12-7-3-4-8-13(12)23-17-16-11-6-2-5-9-14(11)24-15(16)10-20-18(17)21-19(22)23;1-22-12-7-3-4-8-13(12)23-18-17(21-19(22)23)16-11-6-2-5-9-14(11)24-15(16)10-20-18/h6*2-10H,1H3. The highest BCUT2D eigenvalue weighted by Crippen LogP contribution is 2.46. The van der Waals surface area contributed by atoms with E-state index in [0.717, 1.165) is 129 Å². The van der Waals surface area contributed by atoms with Gasteiger partial charge in [0.1, 0.15) is 26.9 Å². The van der Waals surface area contributed by atoms with E-state index in [4.69, 9.17) is 49.8 Å². The largest absolute Gasteiger partial charge is 0.313 e. The summed E-state index contributed by atoms with van der Waals surface area (Å²) in [5.74, 6) is 5.59. The Morgan fingerprint density at radius 2 is 0.507 bits per heavy atom. The number of rotatable bonds is 0. The molecule has 0 aliphatic carbocycles. The van der Waals surface area contributed by atoms with E-state index in [9.17, 15) is 0 Å². The third kappa shape index (κ3) is 11.5. The van der Waals surface area contributed by atoms with Gasteiger partial charge in [0.2, 0.25) is 34.7 Å². The predicted molar refractivity (Wildman–Crippen MR) is 599 cm³/mol. The second kappa shape index (κ2) is 30.5. The number of imidazole rings is 12. The zero-order valence-corrected chi connectivity index (χ0v) is 82.3. The highest BCUT2D eigenvalue weighted by atomic mass is 32.1. The number of hydrogen-bond acceptors (Lipinski definition) is 18. The van der Waals surface area contributed by atoms with E-state index in [1.54, 1.807) is 56.7 Å². The lowest BCUT2D eigenvalue weighted by Gasteiger charge is -1.97. The molecule has 0 aliphatic heterocycles. The highest BCUT2D eigenvalue weighted by Gasteiger charge is 2.27. The highest BCUT2D eigenvalue weighted by molar-refractivity contribution is 7.28. The first-order valence-electron chi connectivity index (χ1n) is 47.1. The fraction of sp³-hybridized carbons (Fsp3) is 0.0526. The van der Waals surface area contributed by atoms with Gasteiger partial charge in [-0.2, -0.15) is 19.9 Å². The fourth-order valence-corrected chi connectivity index (χ4v) is 28.7. The quantitative estimate of drug-likeness (QED) is 0.139. The van der Waals surface area contributed by atoms with Gasteiger partial charge in [-0.1, -0.05) is 182 Å². The summed E-state index contributed by atoms with van der Waals surface area (Å²) in [5.41, 5.74) is 26.5. The lowest BCUT2D eigenvalue weighted by molar-refractivity contribution is 0.973. The third-order valence-corrected chi connectivity index (χ3v) is 35.4. The molecule has 24 heterocycles. The Labute approximate surface area is 834 Å². The molecule has 0 unspecified atom stereocenters. The second-order valence-corrected chi connectivity index (χ2v) is 42.8. The monoisotopic (exact) mass is 1970 g/mol. The number of thiophene rings is 6. The Bertz CT molecular complexity index is 11800. The van der Waals surface area contributed by atoms with Crippen LogP contribution in [0.5, 0.6) is 0 Å². The molecule has 36 aromatic rings. The van der Waals surface area contributed by atoms with Crippen LogP contribution in [-0.4, -0.2) is 114 Å². The van der Waals surface area contributed by atoms with Crippen molar-refractivity contribution in [1.29, 1.82) is 0 Å². The summed E-state index contributed by atoms with van der Waals surface area (Å²) in [6.45, 7) is 0. The zero-order valence-electron chi connectivity index (χ0n) is 77.4. The van der Waals surface area contributed by atoms with Crippen LogP contribution in [0, 0.1) is 0 Å². The van der Waals surface area contributed by atoms with Gasteiger partial charge in [0.05, 0.1) is 106 Å². The number of hydrogen-bond donors (Lipinski definition) is 0. The van der Waals surface area contributed by atoms with Crippen LogP contribution in [0.2, 0.25) is 0 Å². The molecular formula is C114H72N24S6. The molecule has 144 heavy (non-hydrogen) atoms. The minimum Gasteiger partial charge on any atom is -0.313 e. The summed E-state index contributed by atoms with van der Waals surface area (Å²) in [4.78, 5) is 58.7. The van der Waals surface area contributed by atoms with Crippen molar-refractivity contribution in [2.75, 3.05) is 0 Å². The summed E-state index contributed by atoms with van der Waals surface area (Å²) in [6, 6.07) is 106. The maximum absolute atomic E-state index is 4.97. The van der Waals surface area contributed by atoms with Crippen molar-refractivity contribution in [1.82, 2.24) is 114 Å². The van der Waals surface area contributed by atoms with Crippen LogP contribution in [-0.2, 0) is 42.3 Å². The Hall–Kier alpha value is -17.5. The van der Waals surface area contributed by atoms with E-state index in [-0.39, 0.29) is 0 Å². The molecule has 0 amide bonds. The molecule has 36 rings (SSSR count). The average Bonchev–Trinajstić information content (AvgIpc) is 1.56. The molecule has 0 aliphatic rings. The van der Waals surface area contributed by atoms with Gasteiger partial charge in [-0.05, 0) is 121 Å². The lowest BCUT2D eigenvalue weighted by atomic mass is 10.1. The fourth-order valence-electron chi connectivity index (χ4n) is 22.0. The Morgan fingerprint density at radius 1 is 0.188 bits per heavy atom. The van der Waals surface area contributed by atoms with Gasteiger partial charge in [-0.15, -0.1) is 68.0 Å². The summed E-state index contributed by atoms with van der Waals surface area (Å²) >= 11 is 10.7. The number of fused-ring (bicyclic) bond motifs is 52. The van der Waals surface area contributed by atoms with E-state index in [1.807, 2.05) is 36.1 Å². The maximum Gasteiger partial charge on any atom is 0.217 e.